The molecule has 30 heavy (non-hydrogen) atoms. The van der Waals surface area contributed by atoms with E-state index in [0.29, 0.717) is 32.2 Å². The molecule has 0 N–H and O–H groups in total. The van der Waals surface area contributed by atoms with Gasteiger partial charge in [0.25, 0.3) is 5.91 Å². The first-order chi connectivity index (χ1) is 14.7. The molecular weight excluding hydrogens is 398 g/mol. The van der Waals surface area contributed by atoms with Crippen molar-refractivity contribution < 1.29 is 14.3 Å². The number of morpholine rings is 1. The number of likely N-dealkylation sites (tertiary alicyclic amines) is 1. The Labute approximate surface area is 181 Å². The Balaban J connectivity index is 1.42. The van der Waals surface area contributed by atoms with E-state index >= 15 is 0 Å². The minimum atomic E-state index is 0.0911. The van der Waals surface area contributed by atoms with E-state index < -0.39 is 0 Å². The summed E-state index contributed by atoms with van der Waals surface area (Å²) < 4.78 is 5.43. The van der Waals surface area contributed by atoms with Crippen LogP contribution in [0.4, 0.5) is 0 Å². The first-order valence-corrected chi connectivity index (χ1v) is 12.1. The van der Waals surface area contributed by atoms with Crippen molar-refractivity contribution in [1.82, 2.24) is 14.8 Å². The predicted octanol–water partition coefficient (Wildman–Crippen LogP) is 3.66. The van der Waals surface area contributed by atoms with Crippen LogP contribution in [0.15, 0.2) is 18.3 Å². The third kappa shape index (κ3) is 3.73. The summed E-state index contributed by atoms with van der Waals surface area (Å²) in [6, 6.07) is 4.03. The van der Waals surface area contributed by atoms with Crippen LogP contribution in [0.3, 0.4) is 0 Å². The molecule has 4 heterocycles. The van der Waals surface area contributed by atoms with E-state index in [9.17, 15) is 9.59 Å². The standard InChI is InChI=1S/C23H29N3O3S/c27-22(16-5-2-1-3-6-16)26-10-8-17(15-26)19-18-7-4-9-24-21(18)30-20(19)23(28)25-11-13-29-14-12-25/h4,7,9,16-17H,1-3,5-6,8,10-15H2/t17-/m0/s1. The molecule has 1 aliphatic carbocycles. The van der Waals surface area contributed by atoms with E-state index in [1.165, 1.54) is 30.6 Å². The highest BCUT2D eigenvalue weighted by atomic mass is 32.1. The Morgan fingerprint density at radius 2 is 1.83 bits per heavy atom. The molecule has 0 unspecified atom stereocenters. The van der Waals surface area contributed by atoms with Gasteiger partial charge in [0.1, 0.15) is 4.83 Å². The fourth-order valence-corrected chi connectivity index (χ4v) is 6.43. The average Bonchev–Trinajstić information content (AvgIpc) is 3.44. The van der Waals surface area contributed by atoms with E-state index in [-0.39, 0.29) is 17.7 Å². The van der Waals surface area contributed by atoms with Crippen LogP contribution in [-0.2, 0) is 9.53 Å². The zero-order valence-electron chi connectivity index (χ0n) is 17.3. The predicted molar refractivity (Wildman–Crippen MR) is 117 cm³/mol. The van der Waals surface area contributed by atoms with Gasteiger partial charge >= 0.3 is 0 Å². The second kappa shape index (κ2) is 8.63. The lowest BCUT2D eigenvalue weighted by atomic mass is 9.88. The van der Waals surface area contributed by atoms with Crippen LogP contribution in [0.5, 0.6) is 0 Å². The number of amides is 2. The van der Waals surface area contributed by atoms with Crippen LogP contribution in [0.25, 0.3) is 10.2 Å². The van der Waals surface area contributed by atoms with E-state index in [2.05, 4.69) is 16.0 Å². The minimum Gasteiger partial charge on any atom is -0.378 e. The molecule has 7 heteroatoms. The van der Waals surface area contributed by atoms with Gasteiger partial charge in [-0.05, 0) is 30.9 Å². The third-order valence-electron chi connectivity index (χ3n) is 6.86. The van der Waals surface area contributed by atoms with Gasteiger partial charge in [0.05, 0.1) is 18.1 Å². The Bertz CT molecular complexity index is 931. The molecule has 1 atom stereocenters. The fraction of sp³-hybridized carbons (Fsp3) is 0.609. The largest absolute Gasteiger partial charge is 0.378 e. The maximum absolute atomic E-state index is 13.4. The van der Waals surface area contributed by atoms with E-state index in [4.69, 9.17) is 4.74 Å². The zero-order chi connectivity index (χ0) is 20.5. The third-order valence-corrected chi connectivity index (χ3v) is 7.98. The number of nitrogens with zero attached hydrogens (tertiary/aromatic N) is 3. The molecule has 3 aliphatic rings. The van der Waals surface area contributed by atoms with Gasteiger partial charge in [0.2, 0.25) is 5.91 Å². The van der Waals surface area contributed by atoms with Crippen molar-refractivity contribution in [3.05, 3.63) is 28.8 Å². The summed E-state index contributed by atoms with van der Waals surface area (Å²) in [5.74, 6) is 0.826. The molecule has 2 aromatic rings. The molecule has 2 amide bonds. The van der Waals surface area contributed by atoms with Crippen LogP contribution < -0.4 is 0 Å². The van der Waals surface area contributed by atoms with Crippen LogP contribution in [-0.4, -0.2) is 66.0 Å². The summed E-state index contributed by atoms with van der Waals surface area (Å²) in [6.07, 6.45) is 8.38. The molecule has 6 nitrogen and oxygen atoms in total. The summed E-state index contributed by atoms with van der Waals surface area (Å²) in [4.78, 5) is 36.7. The van der Waals surface area contributed by atoms with Gasteiger partial charge in [-0.3, -0.25) is 9.59 Å². The number of hydrogen-bond acceptors (Lipinski definition) is 5. The van der Waals surface area contributed by atoms with Gasteiger partial charge in [-0.25, -0.2) is 4.98 Å². The van der Waals surface area contributed by atoms with E-state index in [0.717, 1.165) is 53.0 Å². The number of carbonyl (C=O) groups excluding carboxylic acids is 2. The molecule has 0 aromatic carbocycles. The van der Waals surface area contributed by atoms with Crippen LogP contribution in [0.1, 0.15) is 59.7 Å². The van der Waals surface area contributed by atoms with Crippen LogP contribution in [0.2, 0.25) is 0 Å². The first kappa shape index (κ1) is 19.9. The molecule has 2 aliphatic heterocycles. The second-order valence-electron chi connectivity index (χ2n) is 8.71. The smallest absolute Gasteiger partial charge is 0.264 e. The average molecular weight is 428 g/mol. The maximum atomic E-state index is 13.4. The summed E-state index contributed by atoms with van der Waals surface area (Å²) in [7, 11) is 0. The van der Waals surface area contributed by atoms with Crippen molar-refractivity contribution in [3.8, 4) is 0 Å². The Hall–Kier alpha value is -1.99. The van der Waals surface area contributed by atoms with E-state index in [1.807, 2.05) is 11.0 Å². The summed E-state index contributed by atoms with van der Waals surface area (Å²) in [5, 5.41) is 1.08. The lowest BCUT2D eigenvalue weighted by Crippen LogP contribution is -2.40. The van der Waals surface area contributed by atoms with Crippen molar-refractivity contribution in [2.75, 3.05) is 39.4 Å². The quantitative estimate of drug-likeness (QED) is 0.750. The highest BCUT2D eigenvalue weighted by Gasteiger charge is 2.36. The molecule has 160 valence electrons. The molecule has 0 bridgehead atoms. The Morgan fingerprint density at radius 1 is 1.03 bits per heavy atom. The summed E-state index contributed by atoms with van der Waals surface area (Å²) >= 11 is 1.50. The highest BCUT2D eigenvalue weighted by Crippen LogP contribution is 2.40. The summed E-state index contributed by atoms with van der Waals surface area (Å²) in [6.45, 7) is 3.98. The number of thiophene rings is 1. The molecular formula is C23H29N3O3S. The zero-order valence-corrected chi connectivity index (χ0v) is 18.2. The fourth-order valence-electron chi connectivity index (χ4n) is 5.23. The van der Waals surface area contributed by atoms with Crippen molar-refractivity contribution in [1.29, 1.82) is 0 Å². The topological polar surface area (TPSA) is 62.7 Å². The Kier molecular flexibility index (Phi) is 5.74. The number of ether oxygens (including phenoxy) is 1. The van der Waals surface area contributed by atoms with Crippen LogP contribution in [0, 0.1) is 5.92 Å². The Morgan fingerprint density at radius 3 is 2.63 bits per heavy atom. The van der Waals surface area contributed by atoms with Gasteiger partial charge < -0.3 is 14.5 Å². The van der Waals surface area contributed by atoms with Crippen LogP contribution >= 0.6 is 11.3 Å². The van der Waals surface area contributed by atoms with E-state index in [1.54, 1.807) is 6.20 Å². The number of rotatable bonds is 3. The van der Waals surface area contributed by atoms with Gasteiger partial charge in [-0.2, -0.15) is 0 Å². The highest BCUT2D eigenvalue weighted by molar-refractivity contribution is 7.20. The molecule has 5 rings (SSSR count). The monoisotopic (exact) mass is 427 g/mol. The SMILES string of the molecule is O=C(c1sc2ncccc2c1[C@H]1CCN(C(=O)C2CCCCC2)C1)N1CCOCC1. The van der Waals surface area contributed by atoms with Crippen molar-refractivity contribution in [2.45, 2.75) is 44.4 Å². The molecule has 1 saturated carbocycles. The van der Waals surface area contributed by atoms with Crippen molar-refractivity contribution in [2.24, 2.45) is 5.92 Å². The number of pyridine rings is 1. The maximum Gasteiger partial charge on any atom is 0.264 e. The lowest BCUT2D eigenvalue weighted by Gasteiger charge is -2.27. The van der Waals surface area contributed by atoms with Crippen molar-refractivity contribution in [3.63, 3.8) is 0 Å². The molecule has 2 saturated heterocycles. The van der Waals surface area contributed by atoms with Gasteiger partial charge in [0, 0.05) is 49.6 Å². The number of aromatic nitrogens is 1. The molecule has 0 spiro atoms. The van der Waals surface area contributed by atoms with Gasteiger partial charge in [-0.1, -0.05) is 25.3 Å². The molecule has 0 radical (unpaired) electrons. The minimum absolute atomic E-state index is 0.0911. The van der Waals surface area contributed by atoms with Crippen molar-refractivity contribution >= 4 is 33.4 Å². The van der Waals surface area contributed by atoms with Gasteiger partial charge in [-0.15, -0.1) is 11.3 Å². The molecule has 2 aromatic heterocycles. The number of hydrogen-bond donors (Lipinski definition) is 0. The summed E-state index contributed by atoms with van der Waals surface area (Å²) in [5.41, 5.74) is 1.11. The molecule has 3 fully saturated rings. The lowest BCUT2D eigenvalue weighted by molar-refractivity contribution is -0.135. The second-order valence-corrected chi connectivity index (χ2v) is 9.71. The normalized spacial score (nSPS) is 23.3. The first-order valence-electron chi connectivity index (χ1n) is 11.3. The number of fused-ring (bicyclic) bond motifs is 1. The van der Waals surface area contributed by atoms with Gasteiger partial charge in [0.15, 0.2) is 0 Å². The number of carbonyl (C=O) groups is 2.